The van der Waals surface area contributed by atoms with Crippen LogP contribution in [0.3, 0.4) is 0 Å². The van der Waals surface area contributed by atoms with E-state index >= 15 is 0 Å². The molecule has 1 aliphatic heterocycles. The maximum absolute atomic E-state index is 12.2. The van der Waals surface area contributed by atoms with Crippen LogP contribution in [-0.4, -0.2) is 35.6 Å². The van der Waals surface area contributed by atoms with Gasteiger partial charge in [0.1, 0.15) is 6.04 Å². The largest absolute Gasteiger partial charge is 0.369 e. The zero-order chi connectivity index (χ0) is 21.7. The first-order valence-electron chi connectivity index (χ1n) is 9.27. The third-order valence-corrected chi connectivity index (χ3v) is 4.29. The molecule has 2 aromatic rings. The van der Waals surface area contributed by atoms with Crippen LogP contribution in [-0.2, 0) is 9.59 Å². The van der Waals surface area contributed by atoms with Crippen LogP contribution in [0.1, 0.15) is 29.3 Å². The van der Waals surface area contributed by atoms with Gasteiger partial charge in [0.05, 0.1) is 6.42 Å². The highest BCUT2D eigenvalue weighted by Crippen LogP contribution is 2.13. The summed E-state index contributed by atoms with van der Waals surface area (Å²) in [6, 6.07) is 13.2. The molecule has 2 amide bonds. The van der Waals surface area contributed by atoms with Gasteiger partial charge in [-0.3, -0.25) is 19.7 Å². The van der Waals surface area contributed by atoms with Crippen molar-refractivity contribution in [3.8, 4) is 0 Å². The fraction of sp³-hybridized carbons (Fsp3) is 0.190. The van der Waals surface area contributed by atoms with E-state index in [0.29, 0.717) is 11.3 Å². The van der Waals surface area contributed by atoms with Crippen molar-refractivity contribution in [1.82, 2.24) is 5.32 Å². The van der Waals surface area contributed by atoms with E-state index in [-0.39, 0.29) is 30.0 Å². The number of nitrogens with zero attached hydrogens (tertiary/aromatic N) is 2. The summed E-state index contributed by atoms with van der Waals surface area (Å²) >= 11 is 0. The highest BCUT2D eigenvalue weighted by atomic mass is 16.2. The monoisotopic (exact) mass is 406 g/mol. The van der Waals surface area contributed by atoms with Crippen LogP contribution in [0.15, 0.2) is 58.5 Å². The lowest BCUT2D eigenvalue weighted by atomic mass is 10.1. The van der Waals surface area contributed by atoms with E-state index < -0.39 is 11.9 Å². The Balaban J connectivity index is 1.59. The van der Waals surface area contributed by atoms with E-state index in [1.807, 2.05) is 31.2 Å². The molecule has 154 valence electrons. The lowest BCUT2D eigenvalue weighted by Gasteiger charge is -2.07. The summed E-state index contributed by atoms with van der Waals surface area (Å²) < 4.78 is 0. The van der Waals surface area contributed by atoms with E-state index in [2.05, 4.69) is 25.9 Å². The molecule has 3 rings (SSSR count). The molecule has 1 unspecified atom stereocenters. The second kappa shape index (κ2) is 8.99. The third kappa shape index (κ3) is 5.51. The number of amides is 2. The van der Waals surface area contributed by atoms with Crippen LogP contribution in [0.5, 0.6) is 0 Å². The molecule has 5 N–H and O–H groups in total. The van der Waals surface area contributed by atoms with Gasteiger partial charge in [-0.15, -0.1) is 0 Å². The van der Waals surface area contributed by atoms with Gasteiger partial charge in [0, 0.05) is 16.9 Å². The summed E-state index contributed by atoms with van der Waals surface area (Å²) in [5.74, 6) is -0.768. The Bertz CT molecular complexity index is 1040. The van der Waals surface area contributed by atoms with Gasteiger partial charge in [-0.2, -0.15) is 4.99 Å². The van der Waals surface area contributed by atoms with Crippen LogP contribution in [0.2, 0.25) is 0 Å². The molecule has 0 bridgehead atoms. The Morgan fingerprint density at radius 2 is 1.87 bits per heavy atom. The van der Waals surface area contributed by atoms with Gasteiger partial charge in [-0.05, 0) is 55.8 Å². The number of hydrogen-bond donors (Lipinski definition) is 4. The summed E-state index contributed by atoms with van der Waals surface area (Å²) in [6.07, 6.45) is -0.148. The lowest BCUT2D eigenvalue weighted by Crippen LogP contribution is -2.32. The van der Waals surface area contributed by atoms with E-state index in [1.165, 1.54) is 6.92 Å². The van der Waals surface area contributed by atoms with Gasteiger partial charge in [-0.25, -0.2) is 4.99 Å². The second-order valence-corrected chi connectivity index (χ2v) is 6.84. The standard InChI is InChI=1S/C21H22N6O3/c1-12-4-3-5-16(10-12)24-20(22)27-21-25-17(19(30)26-21)11-18(29)23-15-8-6-14(7-9-15)13(2)28/h3-10,17H,11H2,1-2H3,(H,23,29)(H4,22,24,25,26,27,30). The first kappa shape index (κ1) is 20.7. The zero-order valence-electron chi connectivity index (χ0n) is 16.6. The van der Waals surface area contributed by atoms with Crippen molar-refractivity contribution in [3.63, 3.8) is 0 Å². The first-order valence-corrected chi connectivity index (χ1v) is 9.27. The quantitative estimate of drug-likeness (QED) is 0.341. The number of hydrogen-bond acceptors (Lipinski definition) is 5. The van der Waals surface area contributed by atoms with Gasteiger partial charge >= 0.3 is 0 Å². The summed E-state index contributed by atoms with van der Waals surface area (Å²) in [5, 5.41) is 8.10. The van der Waals surface area contributed by atoms with Crippen molar-refractivity contribution >= 4 is 40.9 Å². The van der Waals surface area contributed by atoms with Gasteiger partial charge in [0.25, 0.3) is 5.91 Å². The van der Waals surface area contributed by atoms with Crippen molar-refractivity contribution in [2.45, 2.75) is 26.3 Å². The Morgan fingerprint density at radius 1 is 1.13 bits per heavy atom. The Morgan fingerprint density at radius 3 is 2.53 bits per heavy atom. The van der Waals surface area contributed by atoms with E-state index in [0.717, 1.165) is 11.3 Å². The third-order valence-electron chi connectivity index (χ3n) is 4.29. The molecule has 1 heterocycles. The minimum Gasteiger partial charge on any atom is -0.369 e. The average Bonchev–Trinajstić information content (AvgIpc) is 3.00. The van der Waals surface area contributed by atoms with Crippen molar-refractivity contribution in [1.29, 1.82) is 0 Å². The highest BCUT2D eigenvalue weighted by Gasteiger charge is 2.28. The van der Waals surface area contributed by atoms with Crippen LogP contribution >= 0.6 is 0 Å². The number of nitrogens with one attached hydrogen (secondary N) is 3. The van der Waals surface area contributed by atoms with Crippen LogP contribution in [0.4, 0.5) is 11.4 Å². The van der Waals surface area contributed by atoms with Gasteiger partial charge in [-0.1, -0.05) is 12.1 Å². The van der Waals surface area contributed by atoms with Gasteiger partial charge in [0.2, 0.25) is 17.8 Å². The molecule has 0 radical (unpaired) electrons. The van der Waals surface area contributed by atoms with Crippen LogP contribution in [0.25, 0.3) is 0 Å². The fourth-order valence-electron chi connectivity index (χ4n) is 2.82. The molecule has 9 heteroatoms. The predicted molar refractivity (Wildman–Crippen MR) is 115 cm³/mol. The molecule has 2 aromatic carbocycles. The number of nitrogens with two attached hydrogens (primary N) is 1. The fourth-order valence-corrected chi connectivity index (χ4v) is 2.82. The smallest absolute Gasteiger partial charge is 0.252 e. The molecule has 0 saturated carbocycles. The molecule has 0 saturated heterocycles. The maximum Gasteiger partial charge on any atom is 0.252 e. The normalized spacial score (nSPS) is 15.9. The number of guanidine groups is 2. The highest BCUT2D eigenvalue weighted by molar-refractivity contribution is 6.11. The molecule has 0 fully saturated rings. The van der Waals surface area contributed by atoms with Crippen molar-refractivity contribution in [2.75, 3.05) is 10.6 Å². The van der Waals surface area contributed by atoms with Crippen LogP contribution in [0, 0.1) is 6.92 Å². The van der Waals surface area contributed by atoms with Crippen molar-refractivity contribution < 1.29 is 14.4 Å². The number of ketones is 1. The molecular weight excluding hydrogens is 384 g/mol. The number of aliphatic imine (C=N–C) groups is 2. The SMILES string of the molecule is CC(=O)c1ccc(NC(=O)CC2N=C(/N=C(\N)Nc3cccc(C)c3)NC2=O)cc1. The minimum absolute atomic E-state index is 0.0428. The molecule has 0 aliphatic carbocycles. The molecule has 1 aliphatic rings. The van der Waals surface area contributed by atoms with E-state index in [1.54, 1.807) is 24.3 Å². The van der Waals surface area contributed by atoms with Crippen LogP contribution < -0.4 is 21.7 Å². The maximum atomic E-state index is 12.2. The number of benzene rings is 2. The molecule has 9 nitrogen and oxygen atoms in total. The second-order valence-electron chi connectivity index (χ2n) is 6.84. The summed E-state index contributed by atoms with van der Waals surface area (Å²) in [4.78, 5) is 43.8. The summed E-state index contributed by atoms with van der Waals surface area (Å²) in [6.45, 7) is 3.42. The number of aryl methyl sites for hydroxylation is 1. The van der Waals surface area contributed by atoms with E-state index in [4.69, 9.17) is 5.73 Å². The molecular formula is C21H22N6O3. The Labute approximate surface area is 173 Å². The van der Waals surface area contributed by atoms with Crippen molar-refractivity contribution in [2.24, 2.45) is 15.7 Å². The molecule has 1 atom stereocenters. The predicted octanol–water partition coefficient (Wildman–Crippen LogP) is 1.81. The number of rotatable bonds is 5. The topological polar surface area (TPSA) is 138 Å². The lowest BCUT2D eigenvalue weighted by molar-refractivity contribution is -0.123. The average molecular weight is 406 g/mol. The molecule has 0 spiro atoms. The number of carbonyl (C=O) groups excluding carboxylic acids is 3. The number of carbonyl (C=O) groups is 3. The summed E-state index contributed by atoms with van der Waals surface area (Å²) in [7, 11) is 0. The number of anilines is 2. The van der Waals surface area contributed by atoms with Gasteiger partial charge < -0.3 is 16.4 Å². The molecule has 0 aromatic heterocycles. The minimum atomic E-state index is -0.896. The Kier molecular flexibility index (Phi) is 6.21. The number of Topliss-reactive ketones (excluding diaryl/α,β-unsaturated/α-hetero) is 1. The zero-order valence-corrected chi connectivity index (χ0v) is 16.6. The molecule has 30 heavy (non-hydrogen) atoms. The van der Waals surface area contributed by atoms with Crippen molar-refractivity contribution in [3.05, 3.63) is 59.7 Å². The van der Waals surface area contributed by atoms with E-state index in [9.17, 15) is 14.4 Å². The first-order chi connectivity index (χ1) is 14.3. The summed E-state index contributed by atoms with van der Waals surface area (Å²) in [5.41, 5.74) is 8.75. The van der Waals surface area contributed by atoms with Gasteiger partial charge in [0.15, 0.2) is 5.78 Å². The Hall–Kier alpha value is -4.01.